The molecule has 0 heterocycles. The van der Waals surface area contributed by atoms with Crippen LogP contribution in [0.15, 0.2) is 48.5 Å². The number of carbonyl (C=O) groups excluding carboxylic acids is 1. The Labute approximate surface area is 141 Å². The number of hydrogen-bond acceptors (Lipinski definition) is 2. The Hall–Kier alpha value is -1.45. The molecule has 0 aliphatic heterocycles. The molecule has 2 rings (SSSR count). The van der Waals surface area contributed by atoms with Crippen LogP contribution < -0.4 is 5.32 Å². The molecule has 2 aromatic rings. The lowest BCUT2D eigenvalue weighted by molar-refractivity contribution is -0.120. The van der Waals surface area contributed by atoms with E-state index in [9.17, 15) is 4.79 Å². The van der Waals surface area contributed by atoms with Crippen LogP contribution in [0.4, 0.5) is 0 Å². The van der Waals surface area contributed by atoms with Gasteiger partial charge in [-0.25, -0.2) is 0 Å². The zero-order chi connectivity index (χ0) is 15.9. The fraction of sp³-hybridized carbons (Fsp3) is 0.278. The Morgan fingerprint density at radius 3 is 2.59 bits per heavy atom. The lowest BCUT2D eigenvalue weighted by Crippen LogP contribution is -2.30. The summed E-state index contributed by atoms with van der Waals surface area (Å²) in [6, 6.07) is 15.9. The van der Waals surface area contributed by atoms with Gasteiger partial charge >= 0.3 is 0 Å². The van der Waals surface area contributed by atoms with Crippen molar-refractivity contribution in [2.45, 2.75) is 31.4 Å². The van der Waals surface area contributed by atoms with Crippen molar-refractivity contribution in [2.24, 2.45) is 0 Å². The maximum atomic E-state index is 12.1. The van der Waals surface area contributed by atoms with Crippen LogP contribution in [0.1, 0.15) is 23.6 Å². The third-order valence-electron chi connectivity index (χ3n) is 3.35. The van der Waals surface area contributed by atoms with Gasteiger partial charge in [-0.05, 0) is 37.1 Å². The molecule has 2 aromatic carbocycles. The van der Waals surface area contributed by atoms with Crippen molar-refractivity contribution in [1.82, 2.24) is 5.32 Å². The van der Waals surface area contributed by atoms with Gasteiger partial charge in [0.1, 0.15) is 0 Å². The molecular formula is C18H20ClNOS. The van der Waals surface area contributed by atoms with Gasteiger partial charge < -0.3 is 5.32 Å². The maximum Gasteiger partial charge on any atom is 0.233 e. The van der Waals surface area contributed by atoms with Gasteiger partial charge in [0.15, 0.2) is 0 Å². The molecule has 1 atom stereocenters. The fourth-order valence-electron chi connectivity index (χ4n) is 1.96. The summed E-state index contributed by atoms with van der Waals surface area (Å²) in [7, 11) is 0. The third kappa shape index (κ3) is 5.39. The Balaban J connectivity index is 1.78. The van der Waals surface area contributed by atoms with Crippen molar-refractivity contribution in [1.29, 1.82) is 0 Å². The summed E-state index contributed by atoms with van der Waals surface area (Å²) < 4.78 is 0. The minimum absolute atomic E-state index is 0.0626. The Kier molecular flexibility index (Phi) is 6.34. The summed E-state index contributed by atoms with van der Waals surface area (Å²) in [5.74, 6) is 0.840. The molecule has 0 spiro atoms. The molecule has 0 saturated heterocycles. The molecule has 4 heteroatoms. The van der Waals surface area contributed by atoms with Crippen molar-refractivity contribution in [3.05, 3.63) is 70.2 Å². The van der Waals surface area contributed by atoms with Crippen LogP contribution in [0.5, 0.6) is 0 Å². The second-order valence-corrected chi connectivity index (χ2v) is 7.05. The highest BCUT2D eigenvalue weighted by Gasteiger charge is 2.13. The van der Waals surface area contributed by atoms with E-state index in [1.54, 1.807) is 11.8 Å². The maximum absolute atomic E-state index is 12.1. The molecule has 0 fully saturated rings. The van der Waals surface area contributed by atoms with E-state index in [0.29, 0.717) is 6.54 Å². The van der Waals surface area contributed by atoms with Crippen LogP contribution in [0.25, 0.3) is 0 Å². The molecule has 2 nitrogen and oxygen atoms in total. The molecule has 0 aliphatic carbocycles. The quantitative estimate of drug-likeness (QED) is 0.838. The average molecular weight is 334 g/mol. The minimum atomic E-state index is -0.0931. The first-order valence-corrected chi connectivity index (χ1v) is 8.66. The highest BCUT2D eigenvalue weighted by molar-refractivity contribution is 7.99. The molecule has 0 aliphatic rings. The zero-order valence-electron chi connectivity index (χ0n) is 12.8. The van der Waals surface area contributed by atoms with E-state index in [-0.39, 0.29) is 11.2 Å². The highest BCUT2D eigenvalue weighted by atomic mass is 35.5. The van der Waals surface area contributed by atoms with Crippen molar-refractivity contribution in [3.8, 4) is 0 Å². The van der Waals surface area contributed by atoms with Crippen molar-refractivity contribution in [2.75, 3.05) is 0 Å². The normalized spacial score (nSPS) is 12.0. The van der Waals surface area contributed by atoms with E-state index in [4.69, 9.17) is 11.6 Å². The zero-order valence-corrected chi connectivity index (χ0v) is 14.4. The summed E-state index contributed by atoms with van der Waals surface area (Å²) in [6.45, 7) is 4.55. The van der Waals surface area contributed by atoms with Crippen LogP contribution in [0.3, 0.4) is 0 Å². The lowest BCUT2D eigenvalue weighted by atomic mass is 10.1. The van der Waals surface area contributed by atoms with E-state index >= 15 is 0 Å². The molecule has 0 saturated carbocycles. The summed E-state index contributed by atoms with van der Waals surface area (Å²) in [5, 5.41) is 3.62. The molecule has 116 valence electrons. The van der Waals surface area contributed by atoms with Crippen molar-refractivity contribution < 1.29 is 4.79 Å². The predicted octanol–water partition coefficient (Wildman–Crippen LogP) is 4.59. The number of carbonyl (C=O) groups is 1. The van der Waals surface area contributed by atoms with Gasteiger partial charge in [0.2, 0.25) is 5.91 Å². The summed E-state index contributed by atoms with van der Waals surface area (Å²) in [4.78, 5) is 12.1. The van der Waals surface area contributed by atoms with Gasteiger partial charge in [-0.15, -0.1) is 11.8 Å². The number of thioether (sulfide) groups is 1. The number of aryl methyl sites for hydroxylation is 1. The number of nitrogens with one attached hydrogen (secondary N) is 1. The molecule has 1 unspecified atom stereocenters. The molecule has 0 bridgehead atoms. The lowest BCUT2D eigenvalue weighted by Gasteiger charge is -2.12. The number of benzene rings is 2. The van der Waals surface area contributed by atoms with Gasteiger partial charge in [0.25, 0.3) is 0 Å². The topological polar surface area (TPSA) is 29.1 Å². The van der Waals surface area contributed by atoms with Crippen LogP contribution in [-0.2, 0) is 17.1 Å². The number of hydrogen-bond donors (Lipinski definition) is 1. The van der Waals surface area contributed by atoms with Crippen LogP contribution >= 0.6 is 23.4 Å². The Morgan fingerprint density at radius 1 is 1.18 bits per heavy atom. The first-order chi connectivity index (χ1) is 10.5. The average Bonchev–Trinajstić information content (AvgIpc) is 2.52. The predicted molar refractivity (Wildman–Crippen MR) is 95.2 cm³/mol. The van der Waals surface area contributed by atoms with Crippen molar-refractivity contribution in [3.63, 3.8) is 0 Å². The number of amides is 1. The van der Waals surface area contributed by atoms with Gasteiger partial charge in [0.05, 0.1) is 5.25 Å². The summed E-state index contributed by atoms with van der Waals surface area (Å²) in [5.41, 5.74) is 3.47. The van der Waals surface area contributed by atoms with Crippen molar-refractivity contribution >= 4 is 29.3 Å². The number of rotatable bonds is 6. The van der Waals surface area contributed by atoms with E-state index in [0.717, 1.165) is 21.9 Å². The second-order valence-electron chi connectivity index (χ2n) is 5.29. The first-order valence-electron chi connectivity index (χ1n) is 7.24. The SMILES string of the molecule is Cc1ccc(CNC(=O)C(C)SCc2cccc(Cl)c2)cc1. The van der Waals surface area contributed by atoms with E-state index in [1.807, 2.05) is 43.3 Å². The summed E-state index contributed by atoms with van der Waals surface area (Å²) in [6.07, 6.45) is 0. The standard InChI is InChI=1S/C18H20ClNOS/c1-13-6-8-15(9-7-13)11-20-18(21)14(2)22-12-16-4-3-5-17(19)10-16/h3-10,14H,11-12H2,1-2H3,(H,20,21). The molecule has 0 aromatic heterocycles. The fourth-order valence-corrected chi connectivity index (χ4v) is 3.03. The van der Waals surface area contributed by atoms with Crippen LogP contribution in [-0.4, -0.2) is 11.2 Å². The van der Waals surface area contributed by atoms with E-state index < -0.39 is 0 Å². The largest absolute Gasteiger partial charge is 0.351 e. The van der Waals surface area contributed by atoms with Gasteiger partial charge in [-0.3, -0.25) is 4.79 Å². The van der Waals surface area contributed by atoms with Gasteiger partial charge in [0, 0.05) is 17.3 Å². The summed E-state index contributed by atoms with van der Waals surface area (Å²) >= 11 is 7.58. The smallest absolute Gasteiger partial charge is 0.233 e. The van der Waals surface area contributed by atoms with Crippen LogP contribution in [0, 0.1) is 6.92 Å². The second kappa shape index (κ2) is 8.25. The monoisotopic (exact) mass is 333 g/mol. The number of halogens is 1. The molecule has 22 heavy (non-hydrogen) atoms. The Bertz CT molecular complexity index is 627. The molecule has 0 radical (unpaired) electrons. The van der Waals surface area contributed by atoms with Gasteiger partial charge in [-0.1, -0.05) is 53.6 Å². The Morgan fingerprint density at radius 2 is 1.91 bits per heavy atom. The minimum Gasteiger partial charge on any atom is -0.351 e. The molecule has 1 amide bonds. The molecular weight excluding hydrogens is 314 g/mol. The van der Waals surface area contributed by atoms with E-state index in [2.05, 4.69) is 24.4 Å². The highest BCUT2D eigenvalue weighted by Crippen LogP contribution is 2.20. The molecule has 1 N–H and O–H groups in total. The van der Waals surface area contributed by atoms with E-state index in [1.165, 1.54) is 5.56 Å². The first kappa shape index (κ1) is 16.9. The van der Waals surface area contributed by atoms with Gasteiger partial charge in [-0.2, -0.15) is 0 Å². The third-order valence-corrected chi connectivity index (χ3v) is 4.79. The van der Waals surface area contributed by atoms with Crippen LogP contribution in [0.2, 0.25) is 5.02 Å².